The third kappa shape index (κ3) is 1.86. The predicted octanol–water partition coefficient (Wildman–Crippen LogP) is 0.677. The molecule has 0 aliphatic heterocycles. The second kappa shape index (κ2) is 4.05. The van der Waals surface area contributed by atoms with Crippen molar-refractivity contribution in [3.8, 4) is 11.3 Å². The van der Waals surface area contributed by atoms with E-state index in [1.165, 1.54) is 6.07 Å². The van der Waals surface area contributed by atoms with Gasteiger partial charge in [0.05, 0.1) is 0 Å². The van der Waals surface area contributed by atoms with E-state index in [1.54, 1.807) is 24.3 Å². The van der Waals surface area contributed by atoms with Gasteiger partial charge < -0.3 is 10.2 Å². The molecule has 1 aromatic carbocycles. The summed E-state index contributed by atoms with van der Waals surface area (Å²) in [5.41, 5.74) is 6.33. The molecule has 2 aromatic heterocycles. The zero-order chi connectivity index (χ0) is 13.4. The summed E-state index contributed by atoms with van der Waals surface area (Å²) in [5, 5.41) is 10.7. The smallest absolute Gasteiger partial charge is 0.336 e. The lowest BCUT2D eigenvalue weighted by Gasteiger charge is -2.00. The first kappa shape index (κ1) is 11.1. The minimum Gasteiger partial charge on any atom is -0.423 e. The number of primary amides is 1. The monoisotopic (exact) mass is 256 g/mol. The van der Waals surface area contributed by atoms with E-state index >= 15 is 0 Å². The van der Waals surface area contributed by atoms with Crippen LogP contribution in [-0.2, 0) is 0 Å². The fourth-order valence-corrected chi connectivity index (χ4v) is 1.82. The molecular weight excluding hydrogens is 248 g/mol. The standard InChI is InChI=1S/C12H8N4O3/c13-12(18)11-10(14-16-15-11)7-1-3-8-6(5-7)2-4-9(17)19-8/h1-5H,(H2,13,18)(H,14,15,16). The first-order valence-electron chi connectivity index (χ1n) is 5.40. The van der Waals surface area contributed by atoms with Crippen molar-refractivity contribution in [1.29, 1.82) is 0 Å². The molecule has 0 unspecified atom stereocenters. The van der Waals surface area contributed by atoms with E-state index in [4.69, 9.17) is 10.2 Å². The molecule has 0 saturated heterocycles. The molecule has 0 radical (unpaired) electrons. The van der Waals surface area contributed by atoms with Crippen LogP contribution in [0.4, 0.5) is 0 Å². The molecule has 2 heterocycles. The van der Waals surface area contributed by atoms with E-state index in [2.05, 4.69) is 15.4 Å². The topological polar surface area (TPSA) is 115 Å². The van der Waals surface area contributed by atoms with Crippen LogP contribution in [0.5, 0.6) is 0 Å². The average molecular weight is 256 g/mol. The third-order valence-electron chi connectivity index (χ3n) is 2.67. The van der Waals surface area contributed by atoms with Crippen LogP contribution in [0.2, 0.25) is 0 Å². The van der Waals surface area contributed by atoms with Gasteiger partial charge in [0, 0.05) is 17.0 Å². The van der Waals surface area contributed by atoms with Crippen LogP contribution in [0, 0.1) is 0 Å². The van der Waals surface area contributed by atoms with Gasteiger partial charge in [-0.1, -0.05) is 0 Å². The molecule has 0 fully saturated rings. The van der Waals surface area contributed by atoms with Gasteiger partial charge in [-0.15, -0.1) is 0 Å². The van der Waals surface area contributed by atoms with Crippen molar-refractivity contribution in [3.63, 3.8) is 0 Å². The Morgan fingerprint density at radius 1 is 1.21 bits per heavy atom. The number of benzene rings is 1. The molecule has 0 aliphatic carbocycles. The summed E-state index contributed by atoms with van der Waals surface area (Å²) < 4.78 is 5.02. The lowest BCUT2D eigenvalue weighted by molar-refractivity contribution is 0.0996. The number of hydrogen-bond acceptors (Lipinski definition) is 5. The Morgan fingerprint density at radius 2 is 2.05 bits per heavy atom. The van der Waals surface area contributed by atoms with Crippen LogP contribution in [0.3, 0.4) is 0 Å². The number of amides is 1. The minimum atomic E-state index is -0.663. The van der Waals surface area contributed by atoms with Crippen molar-refractivity contribution >= 4 is 16.9 Å². The number of aromatic amines is 1. The maximum atomic E-state index is 11.2. The number of nitrogens with zero attached hydrogens (tertiary/aromatic N) is 2. The number of rotatable bonds is 2. The average Bonchev–Trinajstić information content (AvgIpc) is 2.87. The highest BCUT2D eigenvalue weighted by Crippen LogP contribution is 2.23. The Balaban J connectivity index is 2.20. The zero-order valence-corrected chi connectivity index (χ0v) is 9.58. The number of hydrogen-bond donors (Lipinski definition) is 2. The highest BCUT2D eigenvalue weighted by atomic mass is 16.4. The number of H-pyrrole nitrogens is 1. The summed E-state index contributed by atoms with van der Waals surface area (Å²) in [6, 6.07) is 8.00. The van der Waals surface area contributed by atoms with Gasteiger partial charge in [0.15, 0.2) is 5.69 Å². The molecule has 0 atom stereocenters. The van der Waals surface area contributed by atoms with Gasteiger partial charge in [0.1, 0.15) is 11.3 Å². The summed E-state index contributed by atoms with van der Waals surface area (Å²) in [7, 11) is 0. The molecular formula is C12H8N4O3. The predicted molar refractivity (Wildman–Crippen MR) is 66.4 cm³/mol. The molecule has 3 aromatic rings. The van der Waals surface area contributed by atoms with Gasteiger partial charge in [-0.2, -0.15) is 15.4 Å². The van der Waals surface area contributed by atoms with E-state index in [1.807, 2.05) is 0 Å². The summed E-state index contributed by atoms with van der Waals surface area (Å²) in [5.74, 6) is -0.663. The van der Waals surface area contributed by atoms with Crippen molar-refractivity contribution < 1.29 is 9.21 Å². The van der Waals surface area contributed by atoms with Gasteiger partial charge in [-0.05, 0) is 24.3 Å². The number of carbonyl (C=O) groups is 1. The maximum absolute atomic E-state index is 11.2. The number of nitrogens with two attached hydrogens (primary N) is 1. The largest absolute Gasteiger partial charge is 0.423 e. The van der Waals surface area contributed by atoms with Crippen LogP contribution < -0.4 is 11.4 Å². The van der Waals surface area contributed by atoms with Crippen molar-refractivity contribution in [2.24, 2.45) is 5.73 Å². The number of carbonyl (C=O) groups excluding carboxylic acids is 1. The summed E-state index contributed by atoms with van der Waals surface area (Å²) in [6.07, 6.45) is 0. The zero-order valence-electron chi connectivity index (χ0n) is 9.58. The molecule has 0 aliphatic rings. The Labute approximate surface area is 106 Å². The Bertz CT molecular complexity index is 834. The van der Waals surface area contributed by atoms with Crippen molar-refractivity contribution in [1.82, 2.24) is 15.4 Å². The van der Waals surface area contributed by atoms with Gasteiger partial charge in [0.2, 0.25) is 0 Å². The molecule has 3 N–H and O–H groups in total. The lowest BCUT2D eigenvalue weighted by Crippen LogP contribution is -2.12. The lowest BCUT2D eigenvalue weighted by atomic mass is 10.1. The summed E-state index contributed by atoms with van der Waals surface area (Å²) >= 11 is 0. The molecule has 94 valence electrons. The third-order valence-corrected chi connectivity index (χ3v) is 2.67. The summed E-state index contributed by atoms with van der Waals surface area (Å²) in [4.78, 5) is 22.3. The quantitative estimate of drug-likeness (QED) is 0.654. The van der Waals surface area contributed by atoms with E-state index in [9.17, 15) is 9.59 Å². The van der Waals surface area contributed by atoms with Crippen LogP contribution in [0.15, 0.2) is 39.5 Å². The van der Waals surface area contributed by atoms with Gasteiger partial charge in [-0.3, -0.25) is 4.79 Å². The molecule has 7 nitrogen and oxygen atoms in total. The molecule has 0 spiro atoms. The second-order valence-corrected chi connectivity index (χ2v) is 3.89. The van der Waals surface area contributed by atoms with E-state index in [-0.39, 0.29) is 5.69 Å². The van der Waals surface area contributed by atoms with Gasteiger partial charge >= 0.3 is 5.63 Å². The van der Waals surface area contributed by atoms with Crippen molar-refractivity contribution in [2.45, 2.75) is 0 Å². The molecule has 3 rings (SSSR count). The fraction of sp³-hybridized carbons (Fsp3) is 0. The maximum Gasteiger partial charge on any atom is 0.336 e. The highest BCUT2D eigenvalue weighted by Gasteiger charge is 2.15. The highest BCUT2D eigenvalue weighted by molar-refractivity contribution is 5.97. The first-order valence-corrected chi connectivity index (χ1v) is 5.40. The van der Waals surface area contributed by atoms with E-state index in [0.717, 1.165) is 5.39 Å². The normalized spacial score (nSPS) is 10.7. The van der Waals surface area contributed by atoms with E-state index < -0.39 is 11.5 Å². The van der Waals surface area contributed by atoms with Crippen LogP contribution in [0.1, 0.15) is 10.5 Å². The van der Waals surface area contributed by atoms with Crippen LogP contribution in [-0.4, -0.2) is 21.3 Å². The molecule has 0 saturated carbocycles. The Morgan fingerprint density at radius 3 is 2.84 bits per heavy atom. The molecule has 0 bridgehead atoms. The number of fused-ring (bicyclic) bond motifs is 1. The number of aromatic nitrogens is 3. The van der Waals surface area contributed by atoms with Gasteiger partial charge in [-0.25, -0.2) is 4.79 Å². The van der Waals surface area contributed by atoms with Crippen LogP contribution in [0.25, 0.3) is 22.2 Å². The van der Waals surface area contributed by atoms with Crippen LogP contribution >= 0.6 is 0 Å². The molecule has 19 heavy (non-hydrogen) atoms. The fourth-order valence-electron chi connectivity index (χ4n) is 1.82. The SMILES string of the molecule is NC(=O)c1n[nH]nc1-c1ccc2oc(=O)ccc2c1. The summed E-state index contributed by atoms with van der Waals surface area (Å²) in [6.45, 7) is 0. The van der Waals surface area contributed by atoms with Gasteiger partial charge in [0.25, 0.3) is 5.91 Å². The Kier molecular flexibility index (Phi) is 2.38. The minimum absolute atomic E-state index is 0.0664. The van der Waals surface area contributed by atoms with E-state index in [0.29, 0.717) is 16.8 Å². The second-order valence-electron chi connectivity index (χ2n) is 3.89. The molecule has 1 amide bonds. The van der Waals surface area contributed by atoms with Crippen molar-refractivity contribution in [2.75, 3.05) is 0 Å². The van der Waals surface area contributed by atoms with Crippen molar-refractivity contribution in [3.05, 3.63) is 46.4 Å². The first-order chi connectivity index (χ1) is 9.15. The Hall–Kier alpha value is -2.96. The number of nitrogens with one attached hydrogen (secondary N) is 1. The molecule has 7 heteroatoms.